The van der Waals surface area contributed by atoms with Crippen LogP contribution < -0.4 is 0 Å². The van der Waals surface area contributed by atoms with Gasteiger partial charge in [-0.15, -0.1) is 11.3 Å². The summed E-state index contributed by atoms with van der Waals surface area (Å²) >= 11 is 8.33. The van der Waals surface area contributed by atoms with Crippen LogP contribution in [0.25, 0.3) is 0 Å². The molecule has 0 aliphatic heterocycles. The van der Waals surface area contributed by atoms with Crippen molar-refractivity contribution in [3.8, 4) is 0 Å². The van der Waals surface area contributed by atoms with Crippen LogP contribution in [0, 0.1) is 0 Å². The second-order valence-electron chi connectivity index (χ2n) is 3.24. The SMILES string of the molecule is CCn1ccnc1C(O)c1cc(Br)c(Br)s1. The van der Waals surface area contributed by atoms with Crippen LogP contribution in [-0.4, -0.2) is 14.7 Å². The van der Waals surface area contributed by atoms with Gasteiger partial charge in [-0.25, -0.2) is 4.98 Å². The molecule has 2 aromatic heterocycles. The molecule has 0 saturated heterocycles. The lowest BCUT2D eigenvalue weighted by Gasteiger charge is -2.09. The van der Waals surface area contributed by atoms with Crippen LogP contribution in [0.4, 0.5) is 0 Å². The molecule has 3 nitrogen and oxygen atoms in total. The number of hydrogen-bond donors (Lipinski definition) is 1. The smallest absolute Gasteiger partial charge is 0.146 e. The monoisotopic (exact) mass is 364 g/mol. The Balaban J connectivity index is 2.35. The minimum Gasteiger partial charge on any atom is -0.380 e. The zero-order valence-corrected chi connectivity index (χ0v) is 12.5. The molecule has 0 saturated carbocycles. The lowest BCUT2D eigenvalue weighted by Crippen LogP contribution is -2.07. The minimum absolute atomic E-state index is 0.664. The molecule has 0 fully saturated rings. The summed E-state index contributed by atoms with van der Waals surface area (Å²) in [4.78, 5) is 5.07. The van der Waals surface area contributed by atoms with E-state index in [1.54, 1.807) is 6.20 Å². The quantitative estimate of drug-likeness (QED) is 0.902. The molecule has 2 rings (SSSR count). The van der Waals surface area contributed by atoms with Gasteiger partial charge in [0.15, 0.2) is 0 Å². The van der Waals surface area contributed by atoms with E-state index in [9.17, 15) is 5.11 Å². The van der Waals surface area contributed by atoms with Gasteiger partial charge < -0.3 is 9.67 Å². The van der Waals surface area contributed by atoms with Crippen molar-refractivity contribution in [1.29, 1.82) is 0 Å². The van der Waals surface area contributed by atoms with Gasteiger partial charge in [0.2, 0.25) is 0 Å². The van der Waals surface area contributed by atoms with Crippen LogP contribution in [0.1, 0.15) is 23.7 Å². The summed E-state index contributed by atoms with van der Waals surface area (Å²) in [6.07, 6.45) is 2.92. The molecule has 0 radical (unpaired) electrons. The second-order valence-corrected chi connectivity index (χ2v) is 6.50. The van der Waals surface area contributed by atoms with Crippen molar-refractivity contribution in [1.82, 2.24) is 9.55 Å². The maximum Gasteiger partial charge on any atom is 0.146 e. The summed E-state index contributed by atoms with van der Waals surface area (Å²) in [6, 6.07) is 1.91. The van der Waals surface area contributed by atoms with Crippen molar-refractivity contribution >= 4 is 43.2 Å². The molecule has 0 spiro atoms. The van der Waals surface area contributed by atoms with Crippen molar-refractivity contribution in [3.63, 3.8) is 0 Å². The first-order chi connectivity index (χ1) is 7.63. The largest absolute Gasteiger partial charge is 0.380 e. The first kappa shape index (κ1) is 12.3. The molecule has 1 atom stereocenters. The first-order valence-electron chi connectivity index (χ1n) is 4.77. The molecule has 16 heavy (non-hydrogen) atoms. The number of aliphatic hydroxyl groups excluding tert-OH is 1. The van der Waals surface area contributed by atoms with Gasteiger partial charge in [0.25, 0.3) is 0 Å². The van der Waals surface area contributed by atoms with E-state index in [4.69, 9.17) is 0 Å². The third-order valence-electron chi connectivity index (χ3n) is 2.27. The minimum atomic E-state index is -0.664. The normalized spacial score (nSPS) is 13.0. The molecule has 0 aliphatic rings. The highest BCUT2D eigenvalue weighted by Gasteiger charge is 2.18. The summed E-state index contributed by atoms with van der Waals surface area (Å²) in [6.45, 7) is 2.83. The molecule has 2 heterocycles. The number of hydrogen-bond acceptors (Lipinski definition) is 3. The van der Waals surface area contributed by atoms with Gasteiger partial charge in [-0.3, -0.25) is 0 Å². The maximum absolute atomic E-state index is 10.2. The van der Waals surface area contributed by atoms with E-state index in [-0.39, 0.29) is 0 Å². The van der Waals surface area contributed by atoms with E-state index in [2.05, 4.69) is 36.8 Å². The topological polar surface area (TPSA) is 38.0 Å². The van der Waals surface area contributed by atoms with Gasteiger partial charge in [-0.1, -0.05) is 0 Å². The number of imidazole rings is 1. The van der Waals surface area contributed by atoms with E-state index in [0.717, 1.165) is 19.7 Å². The van der Waals surface area contributed by atoms with Gasteiger partial charge in [-0.05, 0) is 44.8 Å². The maximum atomic E-state index is 10.2. The number of aryl methyl sites for hydroxylation is 1. The van der Waals surface area contributed by atoms with Crippen molar-refractivity contribution < 1.29 is 5.11 Å². The van der Waals surface area contributed by atoms with E-state index < -0.39 is 6.10 Å². The summed E-state index contributed by atoms with van der Waals surface area (Å²) in [5.41, 5.74) is 0. The highest BCUT2D eigenvalue weighted by molar-refractivity contribution is 9.13. The van der Waals surface area contributed by atoms with Gasteiger partial charge in [-0.2, -0.15) is 0 Å². The third-order valence-corrected chi connectivity index (χ3v) is 5.58. The average molecular weight is 366 g/mol. The summed E-state index contributed by atoms with van der Waals surface area (Å²) in [5.74, 6) is 0.684. The summed E-state index contributed by atoms with van der Waals surface area (Å²) < 4.78 is 3.88. The lowest BCUT2D eigenvalue weighted by molar-refractivity contribution is 0.208. The number of aliphatic hydroxyl groups is 1. The van der Waals surface area contributed by atoms with Crippen molar-refractivity contribution in [2.75, 3.05) is 0 Å². The fraction of sp³-hybridized carbons (Fsp3) is 0.300. The Morgan fingerprint density at radius 2 is 2.31 bits per heavy atom. The predicted octanol–water partition coefficient (Wildman–Crippen LogP) is 3.57. The van der Waals surface area contributed by atoms with Crippen LogP contribution >= 0.6 is 43.2 Å². The van der Waals surface area contributed by atoms with E-state index in [0.29, 0.717) is 5.82 Å². The van der Waals surface area contributed by atoms with Crippen LogP contribution in [0.5, 0.6) is 0 Å². The Kier molecular flexibility index (Phi) is 3.84. The Bertz CT molecular complexity index is 475. The molecule has 2 aromatic rings. The van der Waals surface area contributed by atoms with E-state index >= 15 is 0 Å². The number of thiophene rings is 1. The lowest BCUT2D eigenvalue weighted by atomic mass is 10.3. The standard InChI is InChI=1S/C10H10Br2N2OS/c1-2-14-4-3-13-10(14)8(15)7-5-6(11)9(12)16-7/h3-5,8,15H,2H2,1H3. The Labute approximate surface area is 114 Å². The molecular formula is C10H10Br2N2OS. The van der Waals surface area contributed by atoms with E-state index in [1.807, 2.05) is 23.8 Å². The van der Waals surface area contributed by atoms with Crippen LogP contribution in [0.15, 0.2) is 26.7 Å². The fourth-order valence-electron chi connectivity index (χ4n) is 1.46. The molecule has 1 unspecified atom stereocenters. The summed E-state index contributed by atoms with van der Waals surface area (Å²) in [7, 11) is 0. The van der Waals surface area contributed by atoms with Crippen molar-refractivity contribution in [3.05, 3.63) is 37.4 Å². The Morgan fingerprint density at radius 1 is 1.56 bits per heavy atom. The van der Waals surface area contributed by atoms with Crippen LogP contribution in [-0.2, 0) is 6.54 Å². The number of rotatable bonds is 3. The fourth-order valence-corrected chi connectivity index (χ4v) is 3.53. The number of aromatic nitrogens is 2. The molecule has 0 aromatic carbocycles. The Hall–Kier alpha value is -0.170. The summed E-state index contributed by atoms with van der Waals surface area (Å²) in [5, 5.41) is 10.2. The number of nitrogens with zero attached hydrogens (tertiary/aromatic N) is 2. The van der Waals surface area contributed by atoms with Crippen molar-refractivity contribution in [2.45, 2.75) is 19.6 Å². The number of halogens is 2. The zero-order chi connectivity index (χ0) is 11.7. The van der Waals surface area contributed by atoms with Crippen LogP contribution in [0.2, 0.25) is 0 Å². The van der Waals surface area contributed by atoms with Gasteiger partial charge in [0.1, 0.15) is 11.9 Å². The zero-order valence-electron chi connectivity index (χ0n) is 8.52. The Morgan fingerprint density at radius 3 is 2.88 bits per heavy atom. The van der Waals surface area contributed by atoms with Gasteiger partial charge in [0, 0.05) is 28.3 Å². The molecule has 1 N–H and O–H groups in total. The van der Waals surface area contributed by atoms with Crippen LogP contribution in [0.3, 0.4) is 0 Å². The molecule has 86 valence electrons. The van der Waals surface area contributed by atoms with Gasteiger partial charge in [0.05, 0.1) is 3.79 Å². The highest BCUT2D eigenvalue weighted by atomic mass is 79.9. The van der Waals surface area contributed by atoms with Crippen molar-refractivity contribution in [2.24, 2.45) is 0 Å². The predicted molar refractivity (Wildman–Crippen MR) is 71.7 cm³/mol. The molecular weight excluding hydrogens is 356 g/mol. The average Bonchev–Trinajstić information content (AvgIpc) is 2.85. The molecule has 0 amide bonds. The first-order valence-corrected chi connectivity index (χ1v) is 7.17. The molecule has 6 heteroatoms. The molecule has 0 bridgehead atoms. The third kappa shape index (κ3) is 2.25. The highest BCUT2D eigenvalue weighted by Crippen LogP contribution is 2.37. The van der Waals surface area contributed by atoms with Gasteiger partial charge >= 0.3 is 0 Å². The van der Waals surface area contributed by atoms with E-state index in [1.165, 1.54) is 11.3 Å². The molecule has 0 aliphatic carbocycles. The second kappa shape index (κ2) is 5.00.